The number of furan rings is 1. The molecule has 1 aliphatic heterocycles. The average molecular weight is 277 g/mol. The van der Waals surface area contributed by atoms with Crippen LogP contribution in [0.3, 0.4) is 0 Å². The summed E-state index contributed by atoms with van der Waals surface area (Å²) in [4.78, 5) is 0. The van der Waals surface area contributed by atoms with E-state index in [-0.39, 0.29) is 6.10 Å². The summed E-state index contributed by atoms with van der Waals surface area (Å²) in [6.45, 7) is 0. The highest BCUT2D eigenvalue weighted by atomic mass is 79.9. The van der Waals surface area contributed by atoms with Crippen molar-refractivity contribution in [3.8, 4) is 0 Å². The van der Waals surface area contributed by atoms with Gasteiger partial charge in [-0.25, -0.2) is 0 Å². The molecule has 4 heteroatoms. The first-order chi connectivity index (χ1) is 6.75. The van der Waals surface area contributed by atoms with Gasteiger partial charge >= 0.3 is 0 Å². The topological polar surface area (TPSA) is 33.4 Å². The fraction of sp³-hybridized carbons (Fsp3) is 0.600. The van der Waals surface area contributed by atoms with E-state index >= 15 is 0 Å². The van der Waals surface area contributed by atoms with Gasteiger partial charge in [-0.2, -0.15) is 11.8 Å². The molecule has 1 N–H and O–H groups in total. The molecule has 2 heterocycles. The van der Waals surface area contributed by atoms with E-state index in [4.69, 9.17) is 4.42 Å². The zero-order valence-electron chi connectivity index (χ0n) is 7.78. The van der Waals surface area contributed by atoms with Crippen LogP contribution in [-0.2, 0) is 6.42 Å². The first-order valence-corrected chi connectivity index (χ1v) is 6.64. The first-order valence-electron chi connectivity index (χ1n) is 4.79. The lowest BCUT2D eigenvalue weighted by Crippen LogP contribution is -2.22. The summed E-state index contributed by atoms with van der Waals surface area (Å²) >= 11 is 5.13. The summed E-state index contributed by atoms with van der Waals surface area (Å²) in [5.74, 6) is 2.04. The van der Waals surface area contributed by atoms with E-state index in [1.807, 2.05) is 23.9 Å². The smallest absolute Gasteiger partial charge is 0.169 e. The second kappa shape index (κ2) is 4.73. The Kier molecular flexibility index (Phi) is 3.57. The van der Waals surface area contributed by atoms with Crippen molar-refractivity contribution in [2.75, 3.05) is 5.75 Å². The summed E-state index contributed by atoms with van der Waals surface area (Å²) in [6, 6.07) is 3.77. The van der Waals surface area contributed by atoms with Gasteiger partial charge in [-0.1, -0.05) is 0 Å². The molecule has 1 aliphatic rings. The molecule has 0 aliphatic carbocycles. The molecule has 2 nitrogen and oxygen atoms in total. The molecule has 1 aromatic heterocycles. The van der Waals surface area contributed by atoms with Crippen molar-refractivity contribution >= 4 is 27.7 Å². The number of hydrogen-bond acceptors (Lipinski definition) is 3. The summed E-state index contributed by atoms with van der Waals surface area (Å²) in [6.07, 6.45) is 2.73. The highest BCUT2D eigenvalue weighted by Gasteiger charge is 2.24. The maximum Gasteiger partial charge on any atom is 0.169 e. The van der Waals surface area contributed by atoms with Gasteiger partial charge in [0.05, 0.1) is 6.10 Å². The van der Waals surface area contributed by atoms with E-state index in [9.17, 15) is 5.11 Å². The van der Waals surface area contributed by atoms with Crippen LogP contribution in [0.15, 0.2) is 21.2 Å². The molecule has 0 saturated carbocycles. The van der Waals surface area contributed by atoms with E-state index in [1.54, 1.807) is 0 Å². The van der Waals surface area contributed by atoms with Crippen molar-refractivity contribution in [1.82, 2.24) is 0 Å². The number of aliphatic hydroxyl groups is 1. The highest BCUT2D eigenvalue weighted by Crippen LogP contribution is 2.30. The Balaban J connectivity index is 1.90. The van der Waals surface area contributed by atoms with Crippen LogP contribution in [0.5, 0.6) is 0 Å². The van der Waals surface area contributed by atoms with Crippen LogP contribution in [0, 0.1) is 0 Å². The largest absolute Gasteiger partial charge is 0.454 e. The van der Waals surface area contributed by atoms with Gasteiger partial charge in [-0.3, -0.25) is 0 Å². The quantitative estimate of drug-likeness (QED) is 0.922. The van der Waals surface area contributed by atoms with Crippen LogP contribution in [0.25, 0.3) is 0 Å². The van der Waals surface area contributed by atoms with E-state index < -0.39 is 0 Å². The lowest BCUT2D eigenvalue weighted by atomic mass is 10.1. The predicted molar refractivity (Wildman–Crippen MR) is 61.6 cm³/mol. The molecule has 0 aromatic carbocycles. The Morgan fingerprint density at radius 2 is 2.50 bits per heavy atom. The number of rotatable bonds is 3. The Hall–Kier alpha value is 0.0700. The summed E-state index contributed by atoms with van der Waals surface area (Å²) < 4.78 is 6.10. The van der Waals surface area contributed by atoms with E-state index in [1.165, 1.54) is 12.2 Å². The number of halogens is 1. The van der Waals surface area contributed by atoms with Crippen molar-refractivity contribution in [2.45, 2.75) is 30.6 Å². The first kappa shape index (κ1) is 10.6. The maximum absolute atomic E-state index is 9.92. The van der Waals surface area contributed by atoms with Gasteiger partial charge in [-0.15, -0.1) is 0 Å². The van der Waals surface area contributed by atoms with E-state index in [0.29, 0.717) is 11.7 Å². The fourth-order valence-corrected chi connectivity index (χ4v) is 3.33. The van der Waals surface area contributed by atoms with Crippen molar-refractivity contribution in [2.24, 2.45) is 0 Å². The minimum absolute atomic E-state index is 0.263. The summed E-state index contributed by atoms with van der Waals surface area (Å²) in [5, 5.41) is 10.3. The Bertz CT molecular complexity index is 294. The second-order valence-electron chi connectivity index (χ2n) is 3.53. The molecular formula is C10H13BrO2S. The molecule has 1 aromatic rings. The lowest BCUT2D eigenvalue weighted by Gasteiger charge is -2.15. The predicted octanol–water partition coefficient (Wildman–Crippen LogP) is 2.84. The third kappa shape index (κ3) is 2.55. The third-order valence-electron chi connectivity index (χ3n) is 2.43. The summed E-state index contributed by atoms with van der Waals surface area (Å²) in [7, 11) is 0. The molecule has 1 saturated heterocycles. The Morgan fingerprint density at radius 3 is 3.07 bits per heavy atom. The monoisotopic (exact) mass is 276 g/mol. The molecule has 2 rings (SSSR count). The normalized spacial score (nSPS) is 24.0. The van der Waals surface area contributed by atoms with Crippen LogP contribution >= 0.6 is 27.7 Å². The van der Waals surface area contributed by atoms with Crippen molar-refractivity contribution in [3.63, 3.8) is 0 Å². The van der Waals surface area contributed by atoms with Gasteiger partial charge in [-0.05, 0) is 46.7 Å². The lowest BCUT2D eigenvalue weighted by molar-refractivity contribution is 0.162. The van der Waals surface area contributed by atoms with E-state index in [0.717, 1.165) is 16.9 Å². The molecule has 0 bridgehead atoms. The van der Waals surface area contributed by atoms with Crippen LogP contribution in [0.1, 0.15) is 18.6 Å². The minimum Gasteiger partial charge on any atom is -0.454 e. The van der Waals surface area contributed by atoms with Crippen LogP contribution in [-0.4, -0.2) is 22.2 Å². The SMILES string of the molecule is OC(Cc1ccc(Br)o1)C1CCCS1. The van der Waals surface area contributed by atoms with Gasteiger partial charge in [0.1, 0.15) is 5.76 Å². The number of aliphatic hydroxyl groups excluding tert-OH is 1. The maximum atomic E-state index is 9.92. The molecule has 2 atom stereocenters. The van der Waals surface area contributed by atoms with Crippen LogP contribution in [0.2, 0.25) is 0 Å². The van der Waals surface area contributed by atoms with Crippen LogP contribution < -0.4 is 0 Å². The minimum atomic E-state index is -0.263. The average Bonchev–Trinajstić information content (AvgIpc) is 2.75. The molecule has 0 amide bonds. The van der Waals surface area contributed by atoms with Crippen molar-refractivity contribution in [1.29, 1.82) is 0 Å². The van der Waals surface area contributed by atoms with Gasteiger partial charge in [0, 0.05) is 11.7 Å². The Morgan fingerprint density at radius 1 is 1.64 bits per heavy atom. The van der Waals surface area contributed by atoms with Gasteiger partial charge < -0.3 is 9.52 Å². The zero-order valence-corrected chi connectivity index (χ0v) is 10.2. The van der Waals surface area contributed by atoms with Crippen molar-refractivity contribution in [3.05, 3.63) is 22.6 Å². The molecule has 0 radical (unpaired) electrons. The van der Waals surface area contributed by atoms with E-state index in [2.05, 4.69) is 15.9 Å². The molecule has 78 valence electrons. The second-order valence-corrected chi connectivity index (χ2v) is 5.66. The van der Waals surface area contributed by atoms with Gasteiger partial charge in [0.2, 0.25) is 0 Å². The van der Waals surface area contributed by atoms with Crippen molar-refractivity contribution < 1.29 is 9.52 Å². The molecule has 14 heavy (non-hydrogen) atoms. The Labute approximate surface area is 96.2 Å². The molecule has 2 unspecified atom stereocenters. The van der Waals surface area contributed by atoms with Crippen LogP contribution in [0.4, 0.5) is 0 Å². The van der Waals surface area contributed by atoms with Gasteiger partial charge in [0.25, 0.3) is 0 Å². The fourth-order valence-electron chi connectivity index (χ4n) is 1.71. The zero-order chi connectivity index (χ0) is 9.97. The highest BCUT2D eigenvalue weighted by molar-refractivity contribution is 9.10. The third-order valence-corrected chi connectivity index (χ3v) is 4.36. The molecule has 1 fully saturated rings. The number of hydrogen-bond donors (Lipinski definition) is 1. The standard InChI is InChI=1S/C10H13BrO2S/c11-10-4-3-7(13-10)6-8(12)9-2-1-5-14-9/h3-4,8-9,12H,1-2,5-6H2. The molecular weight excluding hydrogens is 264 g/mol. The number of thioether (sulfide) groups is 1. The van der Waals surface area contributed by atoms with Gasteiger partial charge in [0.15, 0.2) is 4.67 Å². The summed E-state index contributed by atoms with van der Waals surface area (Å²) in [5.41, 5.74) is 0. The molecule has 0 spiro atoms.